The number of halogens is 1. The van der Waals surface area contributed by atoms with Crippen LogP contribution in [0.4, 0.5) is 0 Å². The maximum Gasteiger partial charge on any atom is 0.253 e. The van der Waals surface area contributed by atoms with Crippen LogP contribution in [-0.4, -0.2) is 79.0 Å². The number of likely N-dealkylation sites (tertiary alicyclic amines) is 1. The molecule has 2 amide bonds. The number of rotatable bonds is 4. The third kappa shape index (κ3) is 4.80. The molecule has 2 fully saturated rings. The number of nitrogens with zero attached hydrogens (tertiary/aromatic N) is 3. The first kappa shape index (κ1) is 22.0. The summed E-state index contributed by atoms with van der Waals surface area (Å²) in [5.41, 5.74) is 1.70. The molecule has 3 heterocycles. The van der Waals surface area contributed by atoms with Crippen molar-refractivity contribution in [1.82, 2.24) is 14.7 Å². The summed E-state index contributed by atoms with van der Waals surface area (Å²) in [6.45, 7) is 4.83. The molecule has 0 radical (unpaired) electrons. The molecule has 3 aliphatic rings. The fraction of sp³-hybridized carbons (Fsp3) is 0.440. The van der Waals surface area contributed by atoms with E-state index in [0.717, 1.165) is 36.4 Å². The molecule has 0 spiro atoms. The zero-order valence-electron chi connectivity index (χ0n) is 18.5. The summed E-state index contributed by atoms with van der Waals surface area (Å²) in [6.07, 6.45) is 1.94. The van der Waals surface area contributed by atoms with Crippen molar-refractivity contribution in [3.8, 4) is 11.5 Å². The molecule has 0 aromatic heterocycles. The summed E-state index contributed by atoms with van der Waals surface area (Å²) in [6, 6.07) is 13.1. The fourth-order valence-electron chi connectivity index (χ4n) is 4.87. The Hall–Kier alpha value is -2.77. The van der Waals surface area contributed by atoms with E-state index in [1.807, 2.05) is 28.0 Å². The van der Waals surface area contributed by atoms with Gasteiger partial charge in [0.05, 0.1) is 12.6 Å². The Bertz CT molecular complexity index is 1040. The van der Waals surface area contributed by atoms with Crippen molar-refractivity contribution in [2.24, 2.45) is 0 Å². The average molecular weight is 470 g/mol. The van der Waals surface area contributed by atoms with Gasteiger partial charge in [0.25, 0.3) is 5.91 Å². The summed E-state index contributed by atoms with van der Waals surface area (Å²) < 4.78 is 11.4. The van der Waals surface area contributed by atoms with Crippen LogP contribution in [0.1, 0.15) is 34.8 Å². The Labute approximate surface area is 198 Å². The van der Waals surface area contributed by atoms with Crippen LogP contribution >= 0.6 is 11.6 Å². The lowest BCUT2D eigenvalue weighted by Crippen LogP contribution is -2.51. The fourth-order valence-corrected chi connectivity index (χ4v) is 5.06. The van der Waals surface area contributed by atoms with E-state index < -0.39 is 0 Å². The second-order valence-corrected chi connectivity index (χ2v) is 9.16. The van der Waals surface area contributed by atoms with Gasteiger partial charge in [0.15, 0.2) is 11.5 Å². The highest BCUT2D eigenvalue weighted by Gasteiger charge is 2.32. The molecule has 2 aromatic carbocycles. The molecular weight excluding hydrogens is 442 g/mol. The van der Waals surface area contributed by atoms with Gasteiger partial charge in [0, 0.05) is 43.3 Å². The van der Waals surface area contributed by atoms with Crippen LogP contribution in [0.3, 0.4) is 0 Å². The number of carbonyl (C=O) groups excluding carboxylic acids is 2. The Kier molecular flexibility index (Phi) is 6.42. The molecule has 0 saturated carbocycles. The maximum absolute atomic E-state index is 13.2. The molecule has 1 atom stereocenters. The summed E-state index contributed by atoms with van der Waals surface area (Å²) in [4.78, 5) is 31.9. The lowest BCUT2D eigenvalue weighted by Gasteiger charge is -2.36. The minimum atomic E-state index is -0.0123. The molecule has 2 saturated heterocycles. The van der Waals surface area contributed by atoms with E-state index in [2.05, 4.69) is 4.90 Å². The lowest BCUT2D eigenvalue weighted by molar-refractivity contribution is -0.133. The van der Waals surface area contributed by atoms with Crippen molar-refractivity contribution in [3.63, 3.8) is 0 Å². The van der Waals surface area contributed by atoms with Gasteiger partial charge in [0.2, 0.25) is 5.91 Å². The highest BCUT2D eigenvalue weighted by atomic mass is 35.5. The standard InChI is InChI=1S/C25H28ClN3O4/c26-20-4-1-3-19(15-20)25(31)28-11-9-27(10-12-28)17-24(30)29-8-2-5-21(29)18-6-7-22-23(16-18)33-14-13-32-22/h1,3-4,6-7,15-16,21H,2,5,8-14,17H2. The van der Waals surface area contributed by atoms with Gasteiger partial charge in [-0.1, -0.05) is 23.7 Å². The smallest absolute Gasteiger partial charge is 0.253 e. The number of amides is 2. The predicted molar refractivity (Wildman–Crippen MR) is 125 cm³/mol. The number of hydrogen-bond donors (Lipinski definition) is 0. The minimum Gasteiger partial charge on any atom is -0.486 e. The van der Waals surface area contributed by atoms with Crippen LogP contribution in [0.25, 0.3) is 0 Å². The minimum absolute atomic E-state index is 0.0123. The SMILES string of the molecule is O=C(c1cccc(Cl)c1)N1CCN(CC(=O)N2CCCC2c2ccc3c(c2)OCCO3)CC1. The van der Waals surface area contributed by atoms with Gasteiger partial charge in [-0.15, -0.1) is 0 Å². The van der Waals surface area contributed by atoms with Crippen LogP contribution in [0.2, 0.25) is 5.02 Å². The van der Waals surface area contributed by atoms with Gasteiger partial charge >= 0.3 is 0 Å². The molecule has 33 heavy (non-hydrogen) atoms. The van der Waals surface area contributed by atoms with Crippen molar-refractivity contribution in [2.75, 3.05) is 52.5 Å². The van der Waals surface area contributed by atoms with E-state index >= 15 is 0 Å². The molecule has 0 aliphatic carbocycles. The zero-order valence-corrected chi connectivity index (χ0v) is 19.3. The summed E-state index contributed by atoms with van der Waals surface area (Å²) >= 11 is 6.03. The average Bonchev–Trinajstić information content (AvgIpc) is 3.34. The molecule has 5 rings (SSSR count). The van der Waals surface area contributed by atoms with E-state index in [4.69, 9.17) is 21.1 Å². The Balaban J connectivity index is 1.17. The molecule has 0 bridgehead atoms. The largest absolute Gasteiger partial charge is 0.486 e. The molecule has 3 aliphatic heterocycles. The van der Waals surface area contributed by atoms with Gasteiger partial charge in [0.1, 0.15) is 13.2 Å². The van der Waals surface area contributed by atoms with E-state index in [1.165, 1.54) is 0 Å². The summed E-state index contributed by atoms with van der Waals surface area (Å²) in [7, 11) is 0. The Morgan fingerprint density at radius 3 is 2.52 bits per heavy atom. The van der Waals surface area contributed by atoms with Gasteiger partial charge in [-0.3, -0.25) is 14.5 Å². The van der Waals surface area contributed by atoms with Crippen molar-refractivity contribution >= 4 is 23.4 Å². The topological polar surface area (TPSA) is 62.3 Å². The van der Waals surface area contributed by atoms with Crippen molar-refractivity contribution in [2.45, 2.75) is 18.9 Å². The highest BCUT2D eigenvalue weighted by molar-refractivity contribution is 6.30. The first-order chi connectivity index (χ1) is 16.1. The van der Waals surface area contributed by atoms with Crippen LogP contribution in [0.5, 0.6) is 11.5 Å². The van der Waals surface area contributed by atoms with E-state index in [-0.39, 0.29) is 17.9 Å². The Morgan fingerprint density at radius 2 is 1.73 bits per heavy atom. The molecule has 8 heteroatoms. The van der Waals surface area contributed by atoms with Gasteiger partial charge in [-0.05, 0) is 48.7 Å². The first-order valence-electron chi connectivity index (χ1n) is 11.5. The normalized spacial score (nSPS) is 20.7. The first-order valence-corrected chi connectivity index (χ1v) is 11.9. The number of carbonyl (C=O) groups is 2. The number of ether oxygens (including phenoxy) is 2. The molecule has 7 nitrogen and oxygen atoms in total. The number of fused-ring (bicyclic) bond motifs is 1. The predicted octanol–water partition coefficient (Wildman–Crippen LogP) is 3.23. The van der Waals surface area contributed by atoms with Crippen LogP contribution < -0.4 is 9.47 Å². The van der Waals surface area contributed by atoms with Crippen molar-refractivity contribution < 1.29 is 19.1 Å². The summed E-state index contributed by atoms with van der Waals surface area (Å²) in [5.74, 6) is 1.66. The maximum atomic E-state index is 13.2. The highest BCUT2D eigenvalue weighted by Crippen LogP contribution is 2.38. The zero-order chi connectivity index (χ0) is 22.8. The molecule has 2 aromatic rings. The van der Waals surface area contributed by atoms with Crippen molar-refractivity contribution in [3.05, 3.63) is 58.6 Å². The number of benzene rings is 2. The number of hydrogen-bond acceptors (Lipinski definition) is 5. The third-order valence-corrected chi connectivity index (χ3v) is 6.85. The second-order valence-electron chi connectivity index (χ2n) is 8.73. The van der Waals surface area contributed by atoms with E-state index in [9.17, 15) is 9.59 Å². The molecule has 0 N–H and O–H groups in total. The van der Waals surface area contributed by atoms with Gasteiger partial charge in [-0.25, -0.2) is 0 Å². The van der Waals surface area contributed by atoms with E-state index in [1.54, 1.807) is 24.3 Å². The van der Waals surface area contributed by atoms with Gasteiger partial charge in [-0.2, -0.15) is 0 Å². The molecular formula is C25H28ClN3O4. The quantitative estimate of drug-likeness (QED) is 0.688. The van der Waals surface area contributed by atoms with Crippen LogP contribution in [0.15, 0.2) is 42.5 Å². The second kappa shape index (κ2) is 9.61. The van der Waals surface area contributed by atoms with Crippen molar-refractivity contribution in [1.29, 1.82) is 0 Å². The van der Waals surface area contributed by atoms with Gasteiger partial charge < -0.3 is 19.3 Å². The van der Waals surface area contributed by atoms with Crippen LogP contribution in [-0.2, 0) is 4.79 Å². The van der Waals surface area contributed by atoms with E-state index in [0.29, 0.717) is 56.5 Å². The third-order valence-electron chi connectivity index (χ3n) is 6.61. The summed E-state index contributed by atoms with van der Waals surface area (Å²) in [5, 5.41) is 0.559. The molecule has 1 unspecified atom stereocenters. The Morgan fingerprint density at radius 1 is 0.939 bits per heavy atom. The molecule has 174 valence electrons. The monoisotopic (exact) mass is 469 g/mol. The number of piperazine rings is 1. The van der Waals surface area contributed by atoms with Crippen LogP contribution in [0, 0.1) is 0 Å². The lowest BCUT2D eigenvalue weighted by atomic mass is 10.0.